The van der Waals surface area contributed by atoms with Gasteiger partial charge >= 0.3 is 5.97 Å². The van der Waals surface area contributed by atoms with Crippen LogP contribution < -0.4 is 0 Å². The normalized spacial score (nSPS) is 24.6. The number of aliphatic carboxylic acids is 1. The lowest BCUT2D eigenvalue weighted by Crippen LogP contribution is -2.57. The average Bonchev–Trinajstić information content (AvgIpc) is 2.85. The third-order valence-electron chi connectivity index (χ3n) is 5.12. The molecule has 2 rings (SSSR count). The van der Waals surface area contributed by atoms with E-state index in [0.717, 1.165) is 10.8 Å². The summed E-state index contributed by atoms with van der Waals surface area (Å²) in [6.07, 6.45) is 0.585. The van der Waals surface area contributed by atoms with Crippen LogP contribution in [-0.4, -0.2) is 52.5 Å². The molecular formula is C16H27NO5S3Si. The summed E-state index contributed by atoms with van der Waals surface area (Å²) in [6, 6.07) is 0. The molecule has 2 aliphatic rings. The molecule has 0 radical (unpaired) electrons. The third-order valence-corrected chi connectivity index (χ3v) is 14.5. The molecule has 0 saturated carbocycles. The second-order valence-electron chi connectivity index (χ2n) is 7.84. The Bertz CT molecular complexity index is 619. The molecule has 2 heterocycles. The van der Waals surface area contributed by atoms with Crippen molar-refractivity contribution < 1.29 is 23.7 Å². The molecule has 1 N–H and O–H groups in total. The molecule has 148 valence electrons. The first-order chi connectivity index (χ1) is 11.9. The van der Waals surface area contributed by atoms with E-state index in [9.17, 15) is 19.2 Å². The lowest BCUT2D eigenvalue weighted by Gasteiger charge is -2.43. The fraction of sp³-hybridized carbons (Fsp3) is 0.750. The van der Waals surface area contributed by atoms with E-state index in [4.69, 9.17) is 4.43 Å². The number of hydrogen-bond donors (Lipinski definition) is 1. The summed E-state index contributed by atoms with van der Waals surface area (Å²) in [6.45, 7) is 13.1. The van der Waals surface area contributed by atoms with Gasteiger partial charge in [0.05, 0.1) is 11.3 Å². The molecule has 0 aromatic rings. The van der Waals surface area contributed by atoms with Gasteiger partial charge in [0, 0.05) is 16.8 Å². The predicted octanol–water partition coefficient (Wildman–Crippen LogP) is 3.60. The molecule has 0 bridgehead atoms. The van der Waals surface area contributed by atoms with Crippen LogP contribution in [0, 0.1) is 5.92 Å². The van der Waals surface area contributed by atoms with Crippen molar-refractivity contribution >= 4 is 53.0 Å². The molecule has 1 amide bonds. The first-order valence-corrected chi connectivity index (χ1v) is 15.0. The number of fused-ring (bicyclic) bond motifs is 1. The summed E-state index contributed by atoms with van der Waals surface area (Å²) in [7, 11) is -2.01. The van der Waals surface area contributed by atoms with Gasteiger partial charge in [-0.15, -0.1) is 0 Å². The Hall–Kier alpha value is -0.133. The number of nitrogens with zero attached hydrogens (tertiary/aromatic N) is 1. The van der Waals surface area contributed by atoms with Gasteiger partial charge in [-0.25, -0.2) is 4.79 Å². The van der Waals surface area contributed by atoms with E-state index in [1.54, 1.807) is 6.92 Å². The highest BCUT2D eigenvalue weighted by Crippen LogP contribution is 2.54. The van der Waals surface area contributed by atoms with Crippen molar-refractivity contribution in [3.8, 4) is 0 Å². The molecule has 1 fully saturated rings. The average molecular weight is 438 g/mol. The zero-order valence-electron chi connectivity index (χ0n) is 16.0. The zero-order valence-corrected chi connectivity index (χ0v) is 19.5. The van der Waals surface area contributed by atoms with E-state index in [2.05, 4.69) is 33.9 Å². The summed E-state index contributed by atoms with van der Waals surface area (Å²) in [5.41, 5.74) is -0.0154. The topological polar surface area (TPSA) is 89.9 Å². The Morgan fingerprint density at radius 1 is 1.46 bits per heavy atom. The van der Waals surface area contributed by atoms with Gasteiger partial charge in [-0.05, 0) is 31.5 Å². The Morgan fingerprint density at radius 2 is 2.08 bits per heavy atom. The van der Waals surface area contributed by atoms with Crippen LogP contribution in [0.25, 0.3) is 0 Å². The van der Waals surface area contributed by atoms with E-state index in [1.807, 2.05) is 0 Å². The van der Waals surface area contributed by atoms with Gasteiger partial charge in [0.2, 0.25) is 5.91 Å². The van der Waals surface area contributed by atoms with E-state index in [0.29, 0.717) is 23.0 Å². The molecule has 0 aromatic heterocycles. The Balaban J connectivity index is 2.00. The van der Waals surface area contributed by atoms with Gasteiger partial charge < -0.3 is 14.1 Å². The van der Waals surface area contributed by atoms with Crippen LogP contribution in [0.15, 0.2) is 9.93 Å². The summed E-state index contributed by atoms with van der Waals surface area (Å²) in [5, 5.41) is 9.36. The summed E-state index contributed by atoms with van der Waals surface area (Å²) in [5.74, 6) is -1.12. The molecular weight excluding hydrogens is 410 g/mol. The molecule has 6 nitrogen and oxygen atoms in total. The van der Waals surface area contributed by atoms with Crippen molar-refractivity contribution in [1.82, 2.24) is 4.90 Å². The van der Waals surface area contributed by atoms with Crippen molar-refractivity contribution in [3.05, 3.63) is 9.93 Å². The minimum absolute atomic E-state index is 0.0154. The first kappa shape index (κ1) is 22.2. The predicted molar refractivity (Wildman–Crippen MR) is 110 cm³/mol. The van der Waals surface area contributed by atoms with Gasteiger partial charge in [-0.2, -0.15) is 0 Å². The number of hydrogen-bond acceptors (Lipinski definition) is 6. The molecule has 10 heteroatoms. The number of β-lactam (4-membered cyclic amide) rings is 1. The number of carboxylic acid groups (broad SMARTS) is 1. The van der Waals surface area contributed by atoms with Crippen LogP contribution in [0.4, 0.5) is 0 Å². The molecule has 3 atom stereocenters. The molecule has 0 aliphatic carbocycles. The van der Waals surface area contributed by atoms with Crippen LogP contribution >= 0.6 is 22.6 Å². The van der Waals surface area contributed by atoms with Gasteiger partial charge in [-0.1, -0.05) is 32.5 Å². The minimum Gasteiger partial charge on any atom is -0.605 e. The van der Waals surface area contributed by atoms with E-state index >= 15 is 0 Å². The standard InChI is InChI=1S/C16H27NO5S3Si/c1-7-25(21)24-15-11(14(19)20)17-12(18)10(13(17)23-15)8-9-22-26(5,6)16(2,3)4/h10,13H,7-9H2,1-6H3,(H,19,20)/t10-,13+,25?/m0/s1. The summed E-state index contributed by atoms with van der Waals surface area (Å²) >= 11 is 1.35. The van der Waals surface area contributed by atoms with Crippen LogP contribution in [0.2, 0.25) is 18.1 Å². The van der Waals surface area contributed by atoms with E-state index in [1.165, 1.54) is 16.7 Å². The van der Waals surface area contributed by atoms with Crippen molar-refractivity contribution in [1.29, 1.82) is 0 Å². The number of rotatable bonds is 8. The minimum atomic E-state index is -1.87. The number of carbonyl (C=O) groups is 2. The van der Waals surface area contributed by atoms with Crippen LogP contribution in [0.1, 0.15) is 34.1 Å². The van der Waals surface area contributed by atoms with Crippen LogP contribution in [0.5, 0.6) is 0 Å². The molecule has 1 unspecified atom stereocenters. The van der Waals surface area contributed by atoms with Crippen LogP contribution in [-0.2, 0) is 24.2 Å². The molecule has 0 spiro atoms. The zero-order chi connectivity index (χ0) is 19.9. The quantitative estimate of drug-likeness (QED) is 0.268. The van der Waals surface area contributed by atoms with Crippen molar-refractivity contribution in [2.75, 3.05) is 12.4 Å². The molecule has 0 aromatic carbocycles. The Morgan fingerprint density at radius 3 is 2.58 bits per heavy atom. The molecule has 1 saturated heterocycles. The van der Waals surface area contributed by atoms with Gasteiger partial charge in [0.15, 0.2) is 14.0 Å². The SMILES string of the molecule is CC[S+]([O-])SC1=C(C(=O)O)N2C(=O)[C@H](CCO[Si](C)(C)C(C)(C)C)[C@H]2S1. The largest absolute Gasteiger partial charge is 0.605 e. The van der Waals surface area contributed by atoms with Gasteiger partial charge in [0.25, 0.3) is 0 Å². The van der Waals surface area contributed by atoms with Crippen molar-refractivity contribution in [2.24, 2.45) is 5.92 Å². The monoisotopic (exact) mass is 437 g/mol. The van der Waals surface area contributed by atoms with Crippen molar-refractivity contribution in [2.45, 2.75) is 57.6 Å². The Kier molecular flexibility index (Phi) is 6.89. The third kappa shape index (κ3) is 4.30. The number of thioether (sulfide) groups is 1. The fourth-order valence-corrected chi connectivity index (χ4v) is 7.92. The van der Waals surface area contributed by atoms with Gasteiger partial charge in [0.1, 0.15) is 20.8 Å². The second-order valence-corrected chi connectivity index (χ2v) is 17.4. The summed E-state index contributed by atoms with van der Waals surface area (Å²) < 4.78 is 18.5. The van der Waals surface area contributed by atoms with Crippen LogP contribution in [0.3, 0.4) is 0 Å². The maximum atomic E-state index is 12.5. The lowest BCUT2D eigenvalue weighted by atomic mass is 9.94. The molecule has 26 heavy (non-hydrogen) atoms. The van der Waals surface area contributed by atoms with E-state index < -0.39 is 24.5 Å². The number of carboxylic acids is 1. The first-order valence-electron chi connectivity index (χ1n) is 8.58. The fourth-order valence-electron chi connectivity index (χ4n) is 2.48. The summed E-state index contributed by atoms with van der Waals surface area (Å²) in [4.78, 5) is 25.4. The maximum Gasteiger partial charge on any atom is 0.354 e. The number of amides is 1. The van der Waals surface area contributed by atoms with Crippen molar-refractivity contribution in [3.63, 3.8) is 0 Å². The second kappa shape index (κ2) is 8.08. The van der Waals surface area contributed by atoms with E-state index in [-0.39, 0.29) is 27.9 Å². The lowest BCUT2D eigenvalue weighted by molar-refractivity contribution is -0.152. The Labute approximate surface area is 167 Å². The smallest absolute Gasteiger partial charge is 0.354 e. The highest BCUT2D eigenvalue weighted by molar-refractivity contribution is 8.75. The maximum absolute atomic E-state index is 12.5. The molecule has 2 aliphatic heterocycles. The highest BCUT2D eigenvalue weighted by Gasteiger charge is 2.56. The number of carbonyl (C=O) groups excluding carboxylic acids is 1. The van der Waals surface area contributed by atoms with Gasteiger partial charge in [-0.3, -0.25) is 9.69 Å². The highest BCUT2D eigenvalue weighted by atomic mass is 33.1.